The third kappa shape index (κ3) is 10.3. The minimum Gasteiger partial charge on any atom is -0.329 e. The van der Waals surface area contributed by atoms with Gasteiger partial charge in [0.05, 0.1) is 0 Å². The first-order valence-electron chi connectivity index (χ1n) is 7.99. The molecule has 1 fully saturated rings. The Morgan fingerprint density at radius 2 is 1.21 bits per heavy atom. The molecule has 0 radical (unpaired) electrons. The first kappa shape index (κ1) is 16.9. The van der Waals surface area contributed by atoms with Crippen molar-refractivity contribution in [1.29, 1.82) is 0 Å². The normalized spacial score (nSPS) is 16.9. The Bertz CT molecular complexity index is 183. The molecule has 0 unspecified atom stereocenters. The Balaban J connectivity index is 1.71. The fourth-order valence-electron chi connectivity index (χ4n) is 2.50. The Hall–Kier alpha value is -0.200. The van der Waals surface area contributed by atoms with Crippen molar-refractivity contribution in [2.75, 3.05) is 52.4 Å². The largest absolute Gasteiger partial charge is 0.329 e. The third-order valence-corrected chi connectivity index (χ3v) is 3.62. The van der Waals surface area contributed by atoms with E-state index in [1.165, 1.54) is 32.1 Å². The van der Waals surface area contributed by atoms with Gasteiger partial charge in [-0.2, -0.15) is 0 Å². The van der Waals surface area contributed by atoms with Crippen LogP contribution in [0.2, 0.25) is 0 Å². The minimum atomic E-state index is 0.718. The van der Waals surface area contributed by atoms with Crippen molar-refractivity contribution in [1.82, 2.24) is 21.3 Å². The van der Waals surface area contributed by atoms with Gasteiger partial charge >= 0.3 is 0 Å². The molecule has 0 saturated heterocycles. The summed E-state index contributed by atoms with van der Waals surface area (Å²) in [6, 6.07) is 0.780. The summed E-state index contributed by atoms with van der Waals surface area (Å²) in [4.78, 5) is 0. The number of hydrogen-bond acceptors (Lipinski definition) is 5. The minimum absolute atomic E-state index is 0.718. The zero-order valence-corrected chi connectivity index (χ0v) is 12.3. The van der Waals surface area contributed by atoms with Gasteiger partial charge in [0.15, 0.2) is 0 Å². The average molecular weight is 271 g/mol. The third-order valence-electron chi connectivity index (χ3n) is 3.62. The first-order chi connectivity index (χ1) is 9.43. The van der Waals surface area contributed by atoms with Crippen LogP contribution in [-0.4, -0.2) is 58.4 Å². The summed E-state index contributed by atoms with van der Waals surface area (Å²) in [5.74, 6) is 0. The zero-order valence-electron chi connectivity index (χ0n) is 12.3. The van der Waals surface area contributed by atoms with Crippen molar-refractivity contribution in [3.63, 3.8) is 0 Å². The van der Waals surface area contributed by atoms with E-state index in [9.17, 15) is 0 Å². The molecule has 0 aromatic rings. The van der Waals surface area contributed by atoms with Crippen molar-refractivity contribution in [3.8, 4) is 0 Å². The van der Waals surface area contributed by atoms with Crippen molar-refractivity contribution < 1.29 is 0 Å². The van der Waals surface area contributed by atoms with Gasteiger partial charge in [-0.05, 0) is 12.8 Å². The number of nitrogens with one attached hydrogen (secondary N) is 4. The quantitative estimate of drug-likeness (QED) is 0.313. The van der Waals surface area contributed by atoms with E-state index >= 15 is 0 Å². The van der Waals surface area contributed by atoms with Gasteiger partial charge in [-0.25, -0.2) is 0 Å². The highest BCUT2D eigenvalue weighted by Crippen LogP contribution is 2.16. The molecule has 0 aliphatic heterocycles. The fraction of sp³-hybridized carbons (Fsp3) is 1.00. The summed E-state index contributed by atoms with van der Waals surface area (Å²) >= 11 is 0. The lowest BCUT2D eigenvalue weighted by Gasteiger charge is -2.22. The molecular weight excluding hydrogens is 238 g/mol. The molecule has 0 aromatic heterocycles. The standard InChI is InChI=1S/C14H33N5/c15-6-7-16-8-9-17-10-11-18-12-13-19-14-4-2-1-3-5-14/h14,16-19H,1-13,15H2. The molecule has 1 rings (SSSR count). The van der Waals surface area contributed by atoms with E-state index in [2.05, 4.69) is 21.3 Å². The molecule has 114 valence electrons. The van der Waals surface area contributed by atoms with E-state index in [0.717, 1.165) is 58.4 Å². The second kappa shape index (κ2) is 12.8. The molecule has 0 bridgehead atoms. The van der Waals surface area contributed by atoms with Gasteiger partial charge in [-0.3, -0.25) is 0 Å². The number of hydrogen-bond donors (Lipinski definition) is 5. The van der Waals surface area contributed by atoms with Crippen LogP contribution in [-0.2, 0) is 0 Å². The summed E-state index contributed by atoms with van der Waals surface area (Å²) in [5, 5.41) is 13.8. The van der Waals surface area contributed by atoms with E-state index < -0.39 is 0 Å². The molecule has 6 N–H and O–H groups in total. The monoisotopic (exact) mass is 271 g/mol. The van der Waals surface area contributed by atoms with Crippen LogP contribution in [0.3, 0.4) is 0 Å². The van der Waals surface area contributed by atoms with Crippen molar-refractivity contribution in [2.45, 2.75) is 38.1 Å². The topological polar surface area (TPSA) is 74.1 Å². The Kier molecular flexibility index (Phi) is 11.4. The van der Waals surface area contributed by atoms with Gasteiger partial charge in [0.25, 0.3) is 0 Å². The molecule has 0 aromatic carbocycles. The summed E-state index contributed by atoms with van der Waals surface area (Å²) < 4.78 is 0. The second-order valence-corrected chi connectivity index (χ2v) is 5.33. The predicted octanol–water partition coefficient (Wildman–Crippen LogP) is -0.364. The van der Waals surface area contributed by atoms with Gasteiger partial charge in [0.1, 0.15) is 0 Å². The molecule has 0 atom stereocenters. The summed E-state index contributed by atoms with van der Waals surface area (Å²) in [5.41, 5.74) is 5.39. The molecule has 1 aliphatic carbocycles. The Morgan fingerprint density at radius 3 is 1.79 bits per heavy atom. The van der Waals surface area contributed by atoms with E-state index in [4.69, 9.17) is 5.73 Å². The molecule has 0 spiro atoms. The molecule has 5 heteroatoms. The molecule has 0 amide bonds. The maximum absolute atomic E-state index is 5.39. The lowest BCUT2D eigenvalue weighted by Crippen LogP contribution is -2.38. The molecule has 5 nitrogen and oxygen atoms in total. The lowest BCUT2D eigenvalue weighted by atomic mass is 9.95. The zero-order chi connectivity index (χ0) is 13.6. The van der Waals surface area contributed by atoms with Crippen LogP contribution in [0.4, 0.5) is 0 Å². The molecule has 0 heterocycles. The van der Waals surface area contributed by atoms with Gasteiger partial charge in [-0.1, -0.05) is 19.3 Å². The van der Waals surface area contributed by atoms with E-state index in [-0.39, 0.29) is 0 Å². The van der Waals surface area contributed by atoms with Crippen molar-refractivity contribution in [2.24, 2.45) is 5.73 Å². The average Bonchev–Trinajstić information content (AvgIpc) is 2.46. The maximum atomic E-state index is 5.39. The highest BCUT2D eigenvalue weighted by molar-refractivity contribution is 4.72. The van der Waals surface area contributed by atoms with Gasteiger partial charge in [0.2, 0.25) is 0 Å². The van der Waals surface area contributed by atoms with E-state index in [1.807, 2.05) is 0 Å². The second-order valence-electron chi connectivity index (χ2n) is 5.33. The maximum Gasteiger partial charge on any atom is 0.00793 e. The van der Waals surface area contributed by atoms with Gasteiger partial charge in [-0.15, -0.1) is 0 Å². The SMILES string of the molecule is NCCNCCNCCNCCNC1CCCCC1. The molecule has 1 aliphatic rings. The van der Waals surface area contributed by atoms with Crippen molar-refractivity contribution in [3.05, 3.63) is 0 Å². The van der Waals surface area contributed by atoms with E-state index in [1.54, 1.807) is 0 Å². The summed E-state index contributed by atoms with van der Waals surface area (Å²) in [6.45, 7) is 7.90. The number of nitrogens with two attached hydrogens (primary N) is 1. The predicted molar refractivity (Wildman–Crippen MR) is 82.5 cm³/mol. The van der Waals surface area contributed by atoms with E-state index in [0.29, 0.717) is 0 Å². The summed E-state index contributed by atoms with van der Waals surface area (Å²) in [6.07, 6.45) is 7.00. The Labute approximate surface area is 118 Å². The van der Waals surface area contributed by atoms with Crippen molar-refractivity contribution >= 4 is 0 Å². The van der Waals surface area contributed by atoms with Crippen LogP contribution in [0.25, 0.3) is 0 Å². The lowest BCUT2D eigenvalue weighted by molar-refractivity contribution is 0.372. The van der Waals surface area contributed by atoms with Crippen LogP contribution in [0.5, 0.6) is 0 Å². The highest BCUT2D eigenvalue weighted by atomic mass is 15.0. The van der Waals surface area contributed by atoms with Crippen LogP contribution in [0, 0.1) is 0 Å². The first-order valence-corrected chi connectivity index (χ1v) is 7.99. The smallest absolute Gasteiger partial charge is 0.00793 e. The van der Waals surface area contributed by atoms with Gasteiger partial charge < -0.3 is 27.0 Å². The molecule has 1 saturated carbocycles. The Morgan fingerprint density at radius 1 is 0.684 bits per heavy atom. The van der Waals surface area contributed by atoms with Crippen LogP contribution < -0.4 is 27.0 Å². The molecule has 19 heavy (non-hydrogen) atoms. The molecular formula is C14H33N5. The summed E-state index contributed by atoms with van der Waals surface area (Å²) in [7, 11) is 0. The van der Waals surface area contributed by atoms with Crippen LogP contribution >= 0.6 is 0 Å². The fourth-order valence-corrected chi connectivity index (χ4v) is 2.50. The van der Waals surface area contributed by atoms with Crippen LogP contribution in [0.1, 0.15) is 32.1 Å². The van der Waals surface area contributed by atoms with Gasteiger partial charge in [0, 0.05) is 58.4 Å². The number of rotatable bonds is 12. The van der Waals surface area contributed by atoms with Crippen LogP contribution in [0.15, 0.2) is 0 Å². The highest BCUT2D eigenvalue weighted by Gasteiger charge is 2.11.